The van der Waals surface area contributed by atoms with Crippen LogP contribution in [0.25, 0.3) is 5.69 Å². The van der Waals surface area contributed by atoms with E-state index in [0.29, 0.717) is 18.8 Å². The molecule has 6 heteroatoms. The summed E-state index contributed by atoms with van der Waals surface area (Å²) in [5, 5.41) is 4.66. The van der Waals surface area contributed by atoms with Crippen molar-refractivity contribution in [1.29, 1.82) is 0 Å². The van der Waals surface area contributed by atoms with Crippen LogP contribution in [0.3, 0.4) is 0 Å². The van der Waals surface area contributed by atoms with E-state index >= 15 is 0 Å². The van der Waals surface area contributed by atoms with Crippen molar-refractivity contribution in [3.05, 3.63) is 46.8 Å². The Kier molecular flexibility index (Phi) is 6.44. The van der Waals surface area contributed by atoms with Crippen LogP contribution in [0.4, 0.5) is 0 Å². The maximum Gasteiger partial charge on any atom is 0.305 e. The van der Waals surface area contributed by atoms with Gasteiger partial charge in [-0.1, -0.05) is 19.3 Å². The zero-order valence-electron chi connectivity index (χ0n) is 18.9. The highest BCUT2D eigenvalue weighted by atomic mass is 16.5. The Morgan fingerprint density at radius 1 is 1.06 bits per heavy atom. The van der Waals surface area contributed by atoms with Gasteiger partial charge in [0.05, 0.1) is 18.5 Å². The summed E-state index contributed by atoms with van der Waals surface area (Å²) >= 11 is 0. The first-order valence-corrected chi connectivity index (χ1v) is 11.5. The second-order valence-electron chi connectivity index (χ2n) is 9.03. The number of aryl methyl sites for hydroxylation is 1. The molecule has 6 nitrogen and oxygen atoms in total. The maximum atomic E-state index is 13.1. The molecule has 4 rings (SSSR count). The molecule has 0 radical (unpaired) electrons. The standard InChI is InChI=1S/C25H33N3O3/c1-17-23(12-13-24(29)31-3)18(2)28(26-17)22-10-8-20(9-11-22)25(30)27-15-14-19-6-4-5-7-21(19)16-27/h8-11,19,21H,4-7,12-16H2,1-3H3/t19-,21+/m1/s1. The van der Waals surface area contributed by atoms with Gasteiger partial charge in [-0.15, -0.1) is 0 Å². The van der Waals surface area contributed by atoms with Gasteiger partial charge in [0.2, 0.25) is 0 Å². The van der Waals surface area contributed by atoms with Crippen LogP contribution in [0.1, 0.15) is 65.8 Å². The van der Waals surface area contributed by atoms with Gasteiger partial charge in [0.1, 0.15) is 0 Å². The van der Waals surface area contributed by atoms with Crippen molar-refractivity contribution in [2.45, 2.75) is 58.8 Å². The van der Waals surface area contributed by atoms with Crippen molar-refractivity contribution >= 4 is 11.9 Å². The number of piperidine rings is 1. The van der Waals surface area contributed by atoms with E-state index in [1.54, 1.807) is 0 Å². The number of fused-ring (bicyclic) bond motifs is 1. The molecule has 2 heterocycles. The monoisotopic (exact) mass is 423 g/mol. The molecule has 2 atom stereocenters. The summed E-state index contributed by atoms with van der Waals surface area (Å²) in [7, 11) is 1.41. The Balaban J connectivity index is 1.46. The van der Waals surface area contributed by atoms with E-state index in [9.17, 15) is 9.59 Å². The topological polar surface area (TPSA) is 64.4 Å². The van der Waals surface area contributed by atoms with E-state index < -0.39 is 0 Å². The number of benzene rings is 1. The molecule has 1 amide bonds. The van der Waals surface area contributed by atoms with Gasteiger partial charge >= 0.3 is 5.97 Å². The Morgan fingerprint density at radius 3 is 2.48 bits per heavy atom. The van der Waals surface area contributed by atoms with Gasteiger partial charge < -0.3 is 9.64 Å². The SMILES string of the molecule is COC(=O)CCc1c(C)nn(-c2ccc(C(=O)N3CC[C@H]4CCCC[C@H]4C3)cc2)c1C. The zero-order valence-corrected chi connectivity index (χ0v) is 18.9. The fourth-order valence-electron chi connectivity index (χ4n) is 5.33. The summed E-state index contributed by atoms with van der Waals surface area (Å²) in [4.78, 5) is 26.6. The number of aromatic nitrogens is 2. The molecular weight excluding hydrogens is 390 g/mol. The van der Waals surface area contributed by atoms with Crippen molar-refractivity contribution in [2.75, 3.05) is 20.2 Å². The third-order valence-corrected chi connectivity index (χ3v) is 7.19. The molecule has 0 unspecified atom stereocenters. The molecule has 166 valence electrons. The van der Waals surface area contributed by atoms with Gasteiger partial charge in [-0.25, -0.2) is 4.68 Å². The van der Waals surface area contributed by atoms with Crippen LogP contribution in [0.5, 0.6) is 0 Å². The van der Waals surface area contributed by atoms with Gasteiger partial charge in [0.25, 0.3) is 5.91 Å². The Labute approximate surface area is 184 Å². The molecule has 1 aromatic heterocycles. The van der Waals surface area contributed by atoms with Crippen molar-refractivity contribution in [3.63, 3.8) is 0 Å². The normalized spacial score (nSPS) is 20.9. The van der Waals surface area contributed by atoms with Crippen LogP contribution >= 0.6 is 0 Å². The lowest BCUT2D eigenvalue weighted by Crippen LogP contribution is -2.44. The van der Waals surface area contributed by atoms with E-state index in [4.69, 9.17) is 4.74 Å². The zero-order chi connectivity index (χ0) is 22.0. The number of carbonyl (C=O) groups is 2. The number of ether oxygens (including phenoxy) is 1. The number of hydrogen-bond donors (Lipinski definition) is 0. The predicted octanol–water partition coefficient (Wildman–Crippen LogP) is 4.25. The van der Waals surface area contributed by atoms with Crippen molar-refractivity contribution < 1.29 is 14.3 Å². The Morgan fingerprint density at radius 2 is 1.77 bits per heavy atom. The molecule has 1 saturated heterocycles. The molecular formula is C25H33N3O3. The van der Waals surface area contributed by atoms with Gasteiger partial charge in [0.15, 0.2) is 0 Å². The largest absolute Gasteiger partial charge is 0.469 e. The molecule has 31 heavy (non-hydrogen) atoms. The summed E-state index contributed by atoms with van der Waals surface area (Å²) in [5.41, 5.74) is 4.66. The fraction of sp³-hybridized carbons (Fsp3) is 0.560. The minimum Gasteiger partial charge on any atom is -0.469 e. The van der Waals surface area contributed by atoms with Crippen LogP contribution in [0.2, 0.25) is 0 Å². The van der Waals surface area contributed by atoms with Crippen LogP contribution in [0.15, 0.2) is 24.3 Å². The number of nitrogens with zero attached hydrogens (tertiary/aromatic N) is 3. The molecule has 0 spiro atoms. The van der Waals surface area contributed by atoms with Gasteiger partial charge in [-0.2, -0.15) is 5.10 Å². The first kappa shape index (κ1) is 21.6. The summed E-state index contributed by atoms with van der Waals surface area (Å²) in [6, 6.07) is 7.75. The van der Waals surface area contributed by atoms with Crippen LogP contribution in [-0.2, 0) is 16.0 Å². The first-order valence-electron chi connectivity index (χ1n) is 11.5. The number of methoxy groups -OCH3 is 1. The van der Waals surface area contributed by atoms with Crippen LogP contribution in [0, 0.1) is 25.7 Å². The highest BCUT2D eigenvalue weighted by molar-refractivity contribution is 5.94. The third kappa shape index (κ3) is 4.53. The average molecular weight is 424 g/mol. The van der Waals surface area contributed by atoms with Gasteiger partial charge in [-0.05, 0) is 74.8 Å². The first-order chi connectivity index (χ1) is 15.0. The van der Waals surface area contributed by atoms with E-state index in [-0.39, 0.29) is 11.9 Å². The number of rotatable bonds is 5. The highest BCUT2D eigenvalue weighted by Crippen LogP contribution is 2.36. The summed E-state index contributed by atoms with van der Waals surface area (Å²) in [5.74, 6) is 1.43. The number of amides is 1. The molecule has 1 aliphatic carbocycles. The number of hydrogen-bond acceptors (Lipinski definition) is 4. The highest BCUT2D eigenvalue weighted by Gasteiger charge is 2.33. The number of likely N-dealkylation sites (tertiary alicyclic amines) is 1. The second kappa shape index (κ2) is 9.25. The minimum absolute atomic E-state index is 0.141. The lowest BCUT2D eigenvalue weighted by atomic mass is 9.75. The van der Waals surface area contributed by atoms with Crippen LogP contribution in [-0.4, -0.2) is 46.8 Å². The summed E-state index contributed by atoms with van der Waals surface area (Å²) in [6.07, 6.45) is 7.37. The average Bonchev–Trinajstić information content (AvgIpc) is 3.09. The molecule has 2 aromatic rings. The summed E-state index contributed by atoms with van der Waals surface area (Å²) < 4.78 is 6.65. The maximum absolute atomic E-state index is 13.1. The fourth-order valence-corrected chi connectivity index (χ4v) is 5.33. The van der Waals surface area contributed by atoms with Gasteiger partial charge in [-0.3, -0.25) is 9.59 Å². The van der Waals surface area contributed by atoms with E-state index in [2.05, 4.69) is 10.00 Å². The molecule has 2 aliphatic rings. The van der Waals surface area contributed by atoms with Crippen LogP contribution < -0.4 is 0 Å². The molecule has 0 N–H and O–H groups in total. The molecule has 1 aliphatic heterocycles. The van der Waals surface area contributed by atoms with Crippen molar-refractivity contribution in [1.82, 2.24) is 14.7 Å². The Bertz CT molecular complexity index is 948. The predicted molar refractivity (Wildman–Crippen MR) is 119 cm³/mol. The van der Waals surface area contributed by atoms with E-state index in [0.717, 1.165) is 53.6 Å². The second-order valence-corrected chi connectivity index (χ2v) is 9.03. The summed E-state index contributed by atoms with van der Waals surface area (Å²) in [6.45, 7) is 5.76. The molecule has 2 fully saturated rings. The van der Waals surface area contributed by atoms with E-state index in [1.807, 2.05) is 42.8 Å². The Hall–Kier alpha value is -2.63. The lowest BCUT2D eigenvalue weighted by Gasteiger charge is -2.41. The lowest BCUT2D eigenvalue weighted by molar-refractivity contribution is -0.140. The molecule has 0 bridgehead atoms. The van der Waals surface area contributed by atoms with E-state index in [1.165, 1.54) is 32.8 Å². The number of esters is 1. The number of carbonyl (C=O) groups excluding carboxylic acids is 2. The van der Waals surface area contributed by atoms with Crippen molar-refractivity contribution in [3.8, 4) is 5.69 Å². The third-order valence-electron chi connectivity index (χ3n) is 7.19. The molecule has 1 aromatic carbocycles. The molecule has 1 saturated carbocycles. The van der Waals surface area contributed by atoms with Crippen molar-refractivity contribution in [2.24, 2.45) is 11.8 Å². The van der Waals surface area contributed by atoms with Gasteiger partial charge in [0, 0.05) is 30.8 Å². The quantitative estimate of drug-likeness (QED) is 0.675. The smallest absolute Gasteiger partial charge is 0.305 e. The minimum atomic E-state index is -0.216.